The van der Waals surface area contributed by atoms with Crippen molar-refractivity contribution < 1.29 is 9.21 Å². The van der Waals surface area contributed by atoms with Crippen LogP contribution in [0.15, 0.2) is 34.7 Å². The Labute approximate surface area is 143 Å². The predicted octanol–water partition coefficient (Wildman–Crippen LogP) is 3.35. The molecule has 0 radical (unpaired) electrons. The van der Waals surface area contributed by atoms with Crippen molar-refractivity contribution in [2.75, 3.05) is 20.1 Å². The first kappa shape index (κ1) is 16.7. The molecule has 0 spiro atoms. The van der Waals surface area contributed by atoms with Crippen molar-refractivity contribution in [1.82, 2.24) is 15.2 Å². The normalized spacial score (nSPS) is 17.7. The maximum absolute atomic E-state index is 12.3. The Morgan fingerprint density at radius 2 is 2.12 bits per heavy atom. The minimum Gasteiger partial charge on any atom is -0.442 e. The van der Waals surface area contributed by atoms with Crippen molar-refractivity contribution in [2.24, 2.45) is 0 Å². The smallest absolute Gasteiger partial charge is 0.237 e. The molecule has 1 aromatic heterocycles. The number of rotatable bonds is 5. The summed E-state index contributed by atoms with van der Waals surface area (Å²) in [5.41, 5.74) is 1.95. The van der Waals surface area contributed by atoms with Crippen LogP contribution in [-0.4, -0.2) is 35.9 Å². The Balaban J connectivity index is 1.95. The third-order valence-electron chi connectivity index (χ3n) is 4.43. The highest BCUT2D eigenvalue weighted by Gasteiger charge is 2.34. The summed E-state index contributed by atoms with van der Waals surface area (Å²) in [6.07, 6.45) is 1.89. The lowest BCUT2D eigenvalue weighted by molar-refractivity contribution is -0.131. The number of amides is 1. The van der Waals surface area contributed by atoms with Crippen molar-refractivity contribution in [3.05, 3.63) is 42.0 Å². The predicted molar refractivity (Wildman–Crippen MR) is 93.6 cm³/mol. The summed E-state index contributed by atoms with van der Waals surface area (Å²) >= 11 is 0. The van der Waals surface area contributed by atoms with E-state index in [1.807, 2.05) is 35.2 Å². The molecule has 1 fully saturated rings. The minimum atomic E-state index is -0.0548. The summed E-state index contributed by atoms with van der Waals surface area (Å²) in [6.45, 7) is 5.33. The fourth-order valence-corrected chi connectivity index (χ4v) is 3.26. The number of hydrogen-bond donors (Lipinski definition) is 1. The lowest BCUT2D eigenvalue weighted by Gasteiger charge is -2.22. The molecule has 2 heterocycles. The number of nitrogens with one attached hydrogen (secondary N) is 1. The van der Waals surface area contributed by atoms with E-state index in [0.717, 1.165) is 36.4 Å². The van der Waals surface area contributed by atoms with E-state index in [9.17, 15) is 4.79 Å². The highest BCUT2D eigenvalue weighted by atomic mass is 16.4. The number of hydrogen-bond acceptors (Lipinski definition) is 4. The molecule has 1 aromatic carbocycles. The number of carbonyl (C=O) groups excluding carboxylic acids is 1. The van der Waals surface area contributed by atoms with Crippen molar-refractivity contribution >= 4 is 5.91 Å². The fourth-order valence-electron chi connectivity index (χ4n) is 3.26. The van der Waals surface area contributed by atoms with Gasteiger partial charge in [0.1, 0.15) is 17.5 Å². The Hall–Kier alpha value is -2.14. The molecular weight excluding hydrogens is 302 g/mol. The topological polar surface area (TPSA) is 58.4 Å². The molecule has 2 aromatic rings. The second-order valence-electron chi connectivity index (χ2n) is 6.56. The lowest BCUT2D eigenvalue weighted by Crippen LogP contribution is -2.36. The van der Waals surface area contributed by atoms with E-state index < -0.39 is 0 Å². The van der Waals surface area contributed by atoms with Crippen LogP contribution in [0.3, 0.4) is 0 Å². The molecule has 5 heteroatoms. The van der Waals surface area contributed by atoms with E-state index in [1.165, 1.54) is 0 Å². The van der Waals surface area contributed by atoms with Gasteiger partial charge in [0.15, 0.2) is 0 Å². The molecule has 1 unspecified atom stereocenters. The van der Waals surface area contributed by atoms with Gasteiger partial charge in [-0.15, -0.1) is 0 Å². The average Bonchev–Trinajstić information content (AvgIpc) is 3.22. The van der Waals surface area contributed by atoms with Gasteiger partial charge in [-0.1, -0.05) is 44.2 Å². The Morgan fingerprint density at radius 3 is 2.79 bits per heavy atom. The summed E-state index contributed by atoms with van der Waals surface area (Å²) in [6, 6.07) is 10.0. The third kappa shape index (κ3) is 3.22. The molecule has 128 valence electrons. The van der Waals surface area contributed by atoms with Crippen LogP contribution in [0.25, 0.3) is 11.3 Å². The molecule has 1 amide bonds. The molecule has 5 nitrogen and oxygen atoms in total. The van der Waals surface area contributed by atoms with E-state index in [4.69, 9.17) is 9.40 Å². The molecule has 24 heavy (non-hydrogen) atoms. The van der Waals surface area contributed by atoms with Crippen molar-refractivity contribution in [3.63, 3.8) is 0 Å². The van der Waals surface area contributed by atoms with Gasteiger partial charge in [0.05, 0.1) is 6.54 Å². The third-order valence-corrected chi connectivity index (χ3v) is 4.43. The second-order valence-corrected chi connectivity index (χ2v) is 6.56. The van der Waals surface area contributed by atoms with Gasteiger partial charge in [-0.05, 0) is 19.9 Å². The minimum absolute atomic E-state index is 0.0548. The standard InChI is InChI=1S/C19H25N3O2/c1-13(2)18-17(14-8-5-4-6-9-14)21-19(24-18)15-10-7-11-22(15)16(23)12-20-3/h4-6,8-9,13,15,20H,7,10-12H2,1-3H3. The highest BCUT2D eigenvalue weighted by Crippen LogP contribution is 2.37. The molecule has 0 bridgehead atoms. The SMILES string of the molecule is CNCC(=O)N1CCCC1c1nc(-c2ccccc2)c(C(C)C)o1. The van der Waals surface area contributed by atoms with Crippen LogP contribution in [0.1, 0.15) is 50.3 Å². The van der Waals surface area contributed by atoms with Gasteiger partial charge in [0.2, 0.25) is 11.8 Å². The van der Waals surface area contributed by atoms with Crippen molar-refractivity contribution in [1.29, 1.82) is 0 Å². The van der Waals surface area contributed by atoms with E-state index in [-0.39, 0.29) is 17.9 Å². The molecule has 1 aliphatic heterocycles. The van der Waals surface area contributed by atoms with Crippen molar-refractivity contribution in [2.45, 2.75) is 38.6 Å². The Bertz CT molecular complexity index is 694. The first-order chi connectivity index (χ1) is 11.6. The van der Waals surface area contributed by atoms with Gasteiger partial charge in [0, 0.05) is 18.0 Å². The number of benzene rings is 1. The molecule has 1 N–H and O–H groups in total. The number of carbonyl (C=O) groups is 1. The second kappa shape index (κ2) is 7.18. The zero-order valence-electron chi connectivity index (χ0n) is 14.6. The summed E-state index contributed by atoms with van der Waals surface area (Å²) < 4.78 is 6.15. The van der Waals surface area contributed by atoms with E-state index >= 15 is 0 Å². The number of likely N-dealkylation sites (N-methyl/N-ethyl adjacent to an activating group) is 1. The molecule has 0 saturated carbocycles. The van der Waals surface area contributed by atoms with Crippen molar-refractivity contribution in [3.8, 4) is 11.3 Å². The maximum atomic E-state index is 12.3. The van der Waals surface area contributed by atoms with E-state index in [2.05, 4.69) is 19.2 Å². The number of oxazole rings is 1. The van der Waals surface area contributed by atoms with Gasteiger partial charge in [-0.2, -0.15) is 0 Å². The van der Waals surface area contributed by atoms with Crippen LogP contribution < -0.4 is 5.32 Å². The largest absolute Gasteiger partial charge is 0.442 e. The fraction of sp³-hybridized carbons (Fsp3) is 0.474. The molecule has 1 atom stereocenters. The summed E-state index contributed by atoms with van der Waals surface area (Å²) in [4.78, 5) is 19.0. The number of likely N-dealkylation sites (tertiary alicyclic amines) is 1. The van der Waals surface area contributed by atoms with Crippen LogP contribution >= 0.6 is 0 Å². The van der Waals surface area contributed by atoms with Gasteiger partial charge >= 0.3 is 0 Å². The molecule has 1 saturated heterocycles. The van der Waals surface area contributed by atoms with Crippen LogP contribution in [0.4, 0.5) is 0 Å². The van der Waals surface area contributed by atoms with Gasteiger partial charge < -0.3 is 14.6 Å². The molecule has 1 aliphatic rings. The molecule has 0 aliphatic carbocycles. The monoisotopic (exact) mass is 327 g/mol. The van der Waals surface area contributed by atoms with Gasteiger partial charge in [-0.3, -0.25) is 4.79 Å². The van der Waals surface area contributed by atoms with Crippen LogP contribution in [0.5, 0.6) is 0 Å². The van der Waals surface area contributed by atoms with Gasteiger partial charge in [0.25, 0.3) is 0 Å². The Morgan fingerprint density at radius 1 is 1.38 bits per heavy atom. The van der Waals surface area contributed by atoms with Crippen LogP contribution in [-0.2, 0) is 4.79 Å². The Kier molecular flexibility index (Phi) is 5.00. The van der Waals surface area contributed by atoms with Crippen LogP contribution in [0, 0.1) is 0 Å². The summed E-state index contributed by atoms with van der Waals surface area (Å²) in [7, 11) is 1.79. The van der Waals surface area contributed by atoms with E-state index in [1.54, 1.807) is 7.05 Å². The first-order valence-corrected chi connectivity index (χ1v) is 8.62. The number of aromatic nitrogens is 1. The van der Waals surface area contributed by atoms with Crippen LogP contribution in [0.2, 0.25) is 0 Å². The highest BCUT2D eigenvalue weighted by molar-refractivity contribution is 5.79. The lowest BCUT2D eigenvalue weighted by atomic mass is 10.0. The zero-order valence-corrected chi connectivity index (χ0v) is 14.6. The maximum Gasteiger partial charge on any atom is 0.237 e. The quantitative estimate of drug-likeness (QED) is 0.915. The number of nitrogens with zero attached hydrogens (tertiary/aromatic N) is 2. The summed E-state index contributed by atoms with van der Waals surface area (Å²) in [5.74, 6) is 1.90. The van der Waals surface area contributed by atoms with E-state index in [0.29, 0.717) is 12.4 Å². The summed E-state index contributed by atoms with van der Waals surface area (Å²) in [5, 5.41) is 2.93. The average molecular weight is 327 g/mol. The first-order valence-electron chi connectivity index (χ1n) is 8.62. The van der Waals surface area contributed by atoms with Gasteiger partial charge in [-0.25, -0.2) is 4.98 Å². The molecule has 3 rings (SSSR count). The zero-order chi connectivity index (χ0) is 17.1. The molecular formula is C19H25N3O2.